The molecule has 0 atom stereocenters. The van der Waals surface area contributed by atoms with Crippen molar-refractivity contribution in [1.82, 2.24) is 5.32 Å². The fraction of sp³-hybridized carbons (Fsp3) is 0.300. The highest BCUT2D eigenvalue weighted by Crippen LogP contribution is 2.30. The van der Waals surface area contributed by atoms with Crippen LogP contribution in [0.2, 0.25) is 0 Å². The van der Waals surface area contributed by atoms with Gasteiger partial charge in [0, 0.05) is 11.0 Å². The third-order valence-corrected chi connectivity index (χ3v) is 3.07. The number of carbonyl (C=O) groups is 1. The Kier molecular flexibility index (Phi) is 2.46. The molecule has 4 heteroatoms. The molecule has 0 saturated carbocycles. The second kappa shape index (κ2) is 3.61. The Hall–Kier alpha value is -1.03. The smallest absolute Gasteiger partial charge is 0.255 e. The summed E-state index contributed by atoms with van der Waals surface area (Å²) in [7, 11) is 1.57. The molecule has 1 heterocycles. The summed E-state index contributed by atoms with van der Waals surface area (Å²) in [6, 6.07) is 3.71. The lowest BCUT2D eigenvalue weighted by Crippen LogP contribution is -2.32. The van der Waals surface area contributed by atoms with Crippen LogP contribution in [0.1, 0.15) is 15.9 Å². The summed E-state index contributed by atoms with van der Waals surface area (Å²) in [5.74, 6) is 0.588. The Bertz CT molecular complexity index is 390. The molecule has 0 aliphatic carbocycles. The van der Waals surface area contributed by atoms with Crippen LogP contribution in [-0.4, -0.2) is 19.6 Å². The zero-order valence-corrected chi connectivity index (χ0v) is 9.35. The van der Waals surface area contributed by atoms with Gasteiger partial charge in [-0.2, -0.15) is 0 Å². The molecule has 1 N–H and O–H groups in total. The van der Waals surface area contributed by atoms with Gasteiger partial charge in [-0.3, -0.25) is 4.79 Å². The Balaban J connectivity index is 2.64. The maximum atomic E-state index is 11.6. The monoisotopic (exact) mass is 255 g/mol. The third kappa shape index (κ3) is 1.39. The van der Waals surface area contributed by atoms with Crippen LogP contribution in [-0.2, 0) is 6.42 Å². The first kappa shape index (κ1) is 9.52. The molecule has 74 valence electrons. The van der Waals surface area contributed by atoms with Crippen LogP contribution in [0.15, 0.2) is 16.6 Å². The lowest BCUT2D eigenvalue weighted by atomic mass is 9.99. The van der Waals surface area contributed by atoms with Gasteiger partial charge in [0.05, 0.1) is 12.7 Å². The fourth-order valence-electron chi connectivity index (χ4n) is 1.65. The average molecular weight is 256 g/mol. The van der Waals surface area contributed by atoms with Gasteiger partial charge in [-0.15, -0.1) is 0 Å². The van der Waals surface area contributed by atoms with Crippen LogP contribution >= 0.6 is 15.9 Å². The normalized spacial score (nSPS) is 14.6. The summed E-state index contributed by atoms with van der Waals surface area (Å²) in [6.45, 7) is 0.692. The highest BCUT2D eigenvalue weighted by atomic mass is 79.9. The van der Waals surface area contributed by atoms with Gasteiger partial charge in [-0.05, 0) is 24.1 Å². The first-order valence-corrected chi connectivity index (χ1v) is 5.17. The minimum Gasteiger partial charge on any atom is -0.496 e. The van der Waals surface area contributed by atoms with Crippen LogP contribution in [0.4, 0.5) is 0 Å². The van der Waals surface area contributed by atoms with Crippen molar-refractivity contribution in [1.29, 1.82) is 0 Å². The summed E-state index contributed by atoms with van der Waals surface area (Å²) in [4.78, 5) is 11.6. The van der Waals surface area contributed by atoms with Crippen LogP contribution < -0.4 is 10.1 Å². The molecule has 0 radical (unpaired) electrons. The molecule has 1 aromatic carbocycles. The fourth-order valence-corrected chi connectivity index (χ4v) is 2.18. The number of nitrogens with one attached hydrogen (secondary N) is 1. The van der Waals surface area contributed by atoms with Crippen molar-refractivity contribution in [3.05, 3.63) is 27.7 Å². The SMILES string of the molecule is COc1ccc(Br)c2c1C(=O)NCC2. The van der Waals surface area contributed by atoms with Crippen molar-refractivity contribution in [3.63, 3.8) is 0 Å². The molecular weight excluding hydrogens is 246 g/mol. The van der Waals surface area contributed by atoms with Crippen molar-refractivity contribution in [3.8, 4) is 5.75 Å². The number of amides is 1. The lowest BCUT2D eigenvalue weighted by molar-refractivity contribution is 0.0942. The van der Waals surface area contributed by atoms with Gasteiger partial charge in [-0.25, -0.2) is 0 Å². The van der Waals surface area contributed by atoms with Gasteiger partial charge in [-0.1, -0.05) is 15.9 Å². The van der Waals surface area contributed by atoms with Gasteiger partial charge in [0.2, 0.25) is 0 Å². The minimum atomic E-state index is -0.0515. The van der Waals surface area contributed by atoms with Gasteiger partial charge in [0.1, 0.15) is 5.75 Å². The Labute approximate surface area is 90.6 Å². The summed E-state index contributed by atoms with van der Waals surface area (Å²) < 4.78 is 6.13. The van der Waals surface area contributed by atoms with E-state index in [1.165, 1.54) is 0 Å². The number of methoxy groups -OCH3 is 1. The number of ether oxygens (including phenoxy) is 1. The molecule has 0 bridgehead atoms. The van der Waals surface area contributed by atoms with Crippen molar-refractivity contribution < 1.29 is 9.53 Å². The Morgan fingerprint density at radius 2 is 2.29 bits per heavy atom. The number of rotatable bonds is 1. The Morgan fingerprint density at radius 1 is 1.50 bits per heavy atom. The number of carbonyl (C=O) groups excluding carboxylic acids is 1. The predicted molar refractivity (Wildman–Crippen MR) is 56.7 cm³/mol. The van der Waals surface area contributed by atoms with Crippen LogP contribution in [0.25, 0.3) is 0 Å². The molecule has 0 spiro atoms. The summed E-state index contributed by atoms with van der Waals surface area (Å²) in [6.07, 6.45) is 0.846. The quantitative estimate of drug-likeness (QED) is 0.831. The topological polar surface area (TPSA) is 38.3 Å². The van der Waals surface area contributed by atoms with E-state index in [0.717, 1.165) is 16.5 Å². The number of halogens is 1. The standard InChI is InChI=1S/C10H10BrNO2/c1-14-8-3-2-7(11)6-4-5-12-10(13)9(6)8/h2-3H,4-5H2,1H3,(H,12,13). The van der Waals surface area contributed by atoms with E-state index in [4.69, 9.17) is 4.74 Å². The van der Waals surface area contributed by atoms with Crippen molar-refractivity contribution in [2.45, 2.75) is 6.42 Å². The molecule has 0 aromatic heterocycles. The number of hydrogen-bond acceptors (Lipinski definition) is 2. The predicted octanol–water partition coefficient (Wildman–Crippen LogP) is 1.74. The molecule has 0 saturated heterocycles. The van der Waals surface area contributed by atoms with Gasteiger partial charge in [0.15, 0.2) is 0 Å². The molecule has 2 rings (SSSR count). The first-order valence-electron chi connectivity index (χ1n) is 4.37. The molecule has 14 heavy (non-hydrogen) atoms. The second-order valence-corrected chi connectivity index (χ2v) is 3.96. The zero-order valence-electron chi connectivity index (χ0n) is 7.76. The van der Waals surface area contributed by atoms with E-state index in [1.54, 1.807) is 13.2 Å². The van der Waals surface area contributed by atoms with Crippen molar-refractivity contribution >= 4 is 21.8 Å². The van der Waals surface area contributed by atoms with Gasteiger partial charge >= 0.3 is 0 Å². The van der Waals surface area contributed by atoms with Crippen LogP contribution in [0.3, 0.4) is 0 Å². The summed E-state index contributed by atoms with van der Waals surface area (Å²) >= 11 is 3.44. The maximum Gasteiger partial charge on any atom is 0.255 e. The molecule has 1 amide bonds. The molecule has 1 aromatic rings. The third-order valence-electron chi connectivity index (χ3n) is 2.33. The lowest BCUT2D eigenvalue weighted by Gasteiger charge is -2.19. The van der Waals surface area contributed by atoms with E-state index in [9.17, 15) is 4.79 Å². The first-order chi connectivity index (χ1) is 6.74. The summed E-state index contributed by atoms with van der Waals surface area (Å²) in [5.41, 5.74) is 1.70. The molecular formula is C10H10BrNO2. The van der Waals surface area contributed by atoms with Crippen molar-refractivity contribution in [2.75, 3.05) is 13.7 Å². The molecule has 0 fully saturated rings. The number of benzene rings is 1. The molecule has 3 nitrogen and oxygen atoms in total. The van der Waals surface area contributed by atoms with Crippen LogP contribution in [0, 0.1) is 0 Å². The van der Waals surface area contributed by atoms with Gasteiger partial charge in [0.25, 0.3) is 5.91 Å². The Morgan fingerprint density at radius 3 is 3.00 bits per heavy atom. The maximum absolute atomic E-state index is 11.6. The van der Waals surface area contributed by atoms with Crippen molar-refractivity contribution in [2.24, 2.45) is 0 Å². The van der Waals surface area contributed by atoms with E-state index < -0.39 is 0 Å². The van der Waals surface area contributed by atoms with E-state index in [0.29, 0.717) is 17.9 Å². The highest BCUT2D eigenvalue weighted by molar-refractivity contribution is 9.10. The number of fused-ring (bicyclic) bond motifs is 1. The molecule has 0 unspecified atom stereocenters. The average Bonchev–Trinajstić information content (AvgIpc) is 2.20. The van der Waals surface area contributed by atoms with E-state index >= 15 is 0 Å². The highest BCUT2D eigenvalue weighted by Gasteiger charge is 2.22. The zero-order chi connectivity index (χ0) is 10.1. The molecule has 1 aliphatic heterocycles. The molecule has 1 aliphatic rings. The van der Waals surface area contributed by atoms with E-state index in [-0.39, 0.29) is 5.91 Å². The van der Waals surface area contributed by atoms with E-state index in [2.05, 4.69) is 21.2 Å². The summed E-state index contributed by atoms with van der Waals surface area (Å²) in [5, 5.41) is 2.80. The van der Waals surface area contributed by atoms with Crippen LogP contribution in [0.5, 0.6) is 5.75 Å². The number of hydrogen-bond donors (Lipinski definition) is 1. The largest absolute Gasteiger partial charge is 0.496 e. The van der Waals surface area contributed by atoms with Gasteiger partial charge < -0.3 is 10.1 Å². The second-order valence-electron chi connectivity index (χ2n) is 3.11. The van der Waals surface area contributed by atoms with E-state index in [1.807, 2.05) is 6.07 Å². The minimum absolute atomic E-state index is 0.0515.